The topological polar surface area (TPSA) is 105 Å². The van der Waals surface area contributed by atoms with Crippen molar-refractivity contribution < 1.29 is 32.9 Å². The van der Waals surface area contributed by atoms with Gasteiger partial charge >= 0.3 is 7.82 Å². The molecule has 0 spiro atoms. The first-order valence-electron chi connectivity index (χ1n) is 24.7. The maximum absolute atomic E-state index is 12.9. The van der Waals surface area contributed by atoms with Gasteiger partial charge in [-0.1, -0.05) is 205 Å². The van der Waals surface area contributed by atoms with Crippen LogP contribution in [0.5, 0.6) is 0 Å². The zero-order valence-corrected chi connectivity index (χ0v) is 39.9. The molecule has 1 amide bonds. The summed E-state index contributed by atoms with van der Waals surface area (Å²) in [6.07, 6.45) is 49.6. The molecule has 0 aliphatic rings. The van der Waals surface area contributed by atoms with Crippen LogP contribution in [0.3, 0.4) is 0 Å². The number of amides is 1. The molecule has 0 bridgehead atoms. The molecule has 0 saturated carbocycles. The first-order chi connectivity index (χ1) is 28.0. The molecule has 0 aliphatic carbocycles. The lowest BCUT2D eigenvalue weighted by molar-refractivity contribution is -0.870. The molecular formula is C49H98N2O6P+. The molecule has 0 aromatic rings. The fourth-order valence-electron chi connectivity index (χ4n) is 7.21. The van der Waals surface area contributed by atoms with Gasteiger partial charge < -0.3 is 19.8 Å². The molecule has 0 fully saturated rings. The van der Waals surface area contributed by atoms with Crippen molar-refractivity contribution in [1.82, 2.24) is 5.32 Å². The van der Waals surface area contributed by atoms with Crippen LogP contribution in [0.15, 0.2) is 24.3 Å². The van der Waals surface area contributed by atoms with Crippen LogP contribution < -0.4 is 5.32 Å². The minimum Gasteiger partial charge on any atom is -0.387 e. The highest BCUT2D eigenvalue weighted by molar-refractivity contribution is 7.47. The van der Waals surface area contributed by atoms with Crippen LogP contribution >= 0.6 is 7.82 Å². The van der Waals surface area contributed by atoms with E-state index in [0.717, 1.165) is 38.5 Å². The predicted octanol–water partition coefficient (Wildman–Crippen LogP) is 14.1. The van der Waals surface area contributed by atoms with Gasteiger partial charge in [-0.15, -0.1) is 0 Å². The molecule has 344 valence electrons. The summed E-state index contributed by atoms with van der Waals surface area (Å²) in [5.74, 6) is -0.180. The molecule has 0 radical (unpaired) electrons. The van der Waals surface area contributed by atoms with Crippen molar-refractivity contribution in [1.29, 1.82) is 0 Å². The number of nitrogens with zero attached hydrogens (tertiary/aromatic N) is 1. The SMILES string of the molecule is CCCCCCCCCCCCC/C=C\CCCCCCCCCC(=O)NC(COP(=O)(O)OCC[N+](C)(C)C)C(O)/C=C/CCCCCCCCCCCCCC. The number of nitrogens with one attached hydrogen (secondary N) is 1. The molecule has 0 saturated heterocycles. The molecule has 3 N–H and O–H groups in total. The number of allylic oxidation sites excluding steroid dienone is 3. The van der Waals surface area contributed by atoms with Crippen molar-refractivity contribution >= 4 is 13.7 Å². The van der Waals surface area contributed by atoms with Crippen LogP contribution in [-0.4, -0.2) is 73.4 Å². The first kappa shape index (κ1) is 57.0. The monoisotopic (exact) mass is 842 g/mol. The Hall–Kier alpha value is -1.02. The lowest BCUT2D eigenvalue weighted by Gasteiger charge is -2.25. The van der Waals surface area contributed by atoms with Crippen molar-refractivity contribution in [3.63, 3.8) is 0 Å². The van der Waals surface area contributed by atoms with Crippen molar-refractivity contribution in [3.05, 3.63) is 24.3 Å². The van der Waals surface area contributed by atoms with Gasteiger partial charge in [-0.25, -0.2) is 4.57 Å². The Balaban J connectivity index is 4.29. The molecule has 0 aromatic heterocycles. The molecule has 0 heterocycles. The summed E-state index contributed by atoms with van der Waals surface area (Å²) < 4.78 is 23.6. The molecule has 9 heteroatoms. The van der Waals surface area contributed by atoms with Gasteiger partial charge in [-0.05, 0) is 44.9 Å². The summed E-state index contributed by atoms with van der Waals surface area (Å²) in [6, 6.07) is -0.845. The van der Waals surface area contributed by atoms with Crippen LogP contribution in [0.1, 0.15) is 232 Å². The van der Waals surface area contributed by atoms with Crippen LogP contribution in [0.25, 0.3) is 0 Å². The van der Waals surface area contributed by atoms with Gasteiger partial charge in [0.2, 0.25) is 5.91 Å². The lowest BCUT2D eigenvalue weighted by atomic mass is 10.0. The van der Waals surface area contributed by atoms with Crippen molar-refractivity contribution in [2.75, 3.05) is 40.9 Å². The summed E-state index contributed by atoms with van der Waals surface area (Å²) in [5, 5.41) is 13.9. The van der Waals surface area contributed by atoms with E-state index in [1.165, 1.54) is 173 Å². The third kappa shape index (κ3) is 43.1. The lowest BCUT2D eigenvalue weighted by Crippen LogP contribution is -2.45. The molecule has 0 aliphatic heterocycles. The number of phosphoric acid groups is 1. The minimum atomic E-state index is -4.34. The Bertz CT molecular complexity index is 1000. The molecule has 3 atom stereocenters. The average Bonchev–Trinajstić information content (AvgIpc) is 3.17. The maximum atomic E-state index is 12.9. The Kier molecular flexibility index (Phi) is 40.6. The number of hydrogen-bond donors (Lipinski definition) is 3. The number of rotatable bonds is 45. The van der Waals surface area contributed by atoms with Gasteiger partial charge in [0.25, 0.3) is 0 Å². The summed E-state index contributed by atoms with van der Waals surface area (Å²) in [7, 11) is 1.57. The molecule has 0 aromatic carbocycles. The second-order valence-electron chi connectivity index (χ2n) is 18.2. The summed E-state index contributed by atoms with van der Waals surface area (Å²) in [4.78, 5) is 23.2. The zero-order chi connectivity index (χ0) is 42.8. The number of carbonyl (C=O) groups is 1. The molecular weight excluding hydrogens is 744 g/mol. The van der Waals surface area contributed by atoms with Gasteiger partial charge in [0, 0.05) is 6.42 Å². The van der Waals surface area contributed by atoms with E-state index in [0.29, 0.717) is 17.4 Å². The fourth-order valence-corrected chi connectivity index (χ4v) is 7.95. The highest BCUT2D eigenvalue weighted by Crippen LogP contribution is 2.43. The Morgan fingerprint density at radius 1 is 0.569 bits per heavy atom. The average molecular weight is 842 g/mol. The number of hydrogen-bond acceptors (Lipinski definition) is 5. The molecule has 3 unspecified atom stereocenters. The minimum absolute atomic E-state index is 0.0619. The molecule has 0 rings (SSSR count). The third-order valence-corrected chi connectivity index (χ3v) is 12.1. The second kappa shape index (κ2) is 41.3. The van der Waals surface area contributed by atoms with E-state index in [2.05, 4.69) is 31.3 Å². The summed E-state index contributed by atoms with van der Waals surface area (Å²) >= 11 is 0. The largest absolute Gasteiger partial charge is 0.472 e. The smallest absolute Gasteiger partial charge is 0.387 e. The van der Waals surface area contributed by atoms with Gasteiger partial charge in [-0.3, -0.25) is 13.8 Å². The van der Waals surface area contributed by atoms with E-state index in [-0.39, 0.29) is 19.1 Å². The quantitative estimate of drug-likeness (QED) is 0.0244. The maximum Gasteiger partial charge on any atom is 0.472 e. The van der Waals surface area contributed by atoms with E-state index in [9.17, 15) is 19.4 Å². The zero-order valence-electron chi connectivity index (χ0n) is 39.0. The predicted molar refractivity (Wildman–Crippen MR) is 249 cm³/mol. The van der Waals surface area contributed by atoms with Crippen molar-refractivity contribution in [3.8, 4) is 0 Å². The Morgan fingerprint density at radius 3 is 1.33 bits per heavy atom. The normalized spacial score (nSPS) is 14.4. The fraction of sp³-hybridized carbons (Fsp3) is 0.898. The standard InChI is InChI=1S/C49H97N2O6P/c1-6-8-10-12-14-16-18-20-22-23-24-25-26-27-28-29-31-33-35-37-39-41-43-49(53)50-47(46-57-58(54,55)56-45-44-51(3,4)5)48(52)42-40-38-36-34-32-30-21-19-17-15-13-11-9-7-2/h26-27,40,42,47-48,52H,6-25,28-39,41,43-46H2,1-5H3,(H-,50,53,54,55)/p+1/b27-26-,42-40+. The van der Waals surface area contributed by atoms with E-state index < -0.39 is 20.0 Å². The van der Waals surface area contributed by atoms with Crippen LogP contribution in [0.2, 0.25) is 0 Å². The molecule has 58 heavy (non-hydrogen) atoms. The highest BCUT2D eigenvalue weighted by Gasteiger charge is 2.27. The first-order valence-corrected chi connectivity index (χ1v) is 26.2. The van der Waals surface area contributed by atoms with E-state index >= 15 is 0 Å². The summed E-state index contributed by atoms with van der Waals surface area (Å²) in [6.45, 7) is 4.83. The Labute approximate surface area is 360 Å². The Morgan fingerprint density at radius 2 is 0.931 bits per heavy atom. The van der Waals surface area contributed by atoms with E-state index in [1.54, 1.807) is 6.08 Å². The van der Waals surface area contributed by atoms with Gasteiger partial charge in [0.05, 0.1) is 39.9 Å². The van der Waals surface area contributed by atoms with Crippen LogP contribution in [-0.2, 0) is 18.4 Å². The van der Waals surface area contributed by atoms with E-state index in [4.69, 9.17) is 9.05 Å². The van der Waals surface area contributed by atoms with Gasteiger partial charge in [0.15, 0.2) is 0 Å². The number of carbonyl (C=O) groups excluding carboxylic acids is 1. The number of likely N-dealkylation sites (N-methyl/N-ethyl adjacent to an activating group) is 1. The number of aliphatic hydroxyl groups is 1. The van der Waals surface area contributed by atoms with Crippen molar-refractivity contribution in [2.45, 2.75) is 244 Å². The number of phosphoric ester groups is 1. The van der Waals surface area contributed by atoms with Crippen molar-refractivity contribution in [2.24, 2.45) is 0 Å². The number of unbranched alkanes of at least 4 members (excludes halogenated alkanes) is 30. The van der Waals surface area contributed by atoms with Crippen LogP contribution in [0.4, 0.5) is 0 Å². The summed E-state index contributed by atoms with van der Waals surface area (Å²) in [5.41, 5.74) is 0. The second-order valence-corrected chi connectivity index (χ2v) is 19.6. The van der Waals surface area contributed by atoms with Gasteiger partial charge in [-0.2, -0.15) is 0 Å². The number of aliphatic hydroxyl groups excluding tert-OH is 1. The number of quaternary nitrogens is 1. The third-order valence-electron chi connectivity index (χ3n) is 11.2. The van der Waals surface area contributed by atoms with Gasteiger partial charge in [0.1, 0.15) is 13.2 Å². The van der Waals surface area contributed by atoms with E-state index in [1.807, 2.05) is 27.2 Å². The highest BCUT2D eigenvalue weighted by atomic mass is 31.2. The molecule has 8 nitrogen and oxygen atoms in total. The van der Waals surface area contributed by atoms with Crippen LogP contribution in [0, 0.1) is 0 Å².